The maximum atomic E-state index is 10.5. The van der Waals surface area contributed by atoms with Gasteiger partial charge < -0.3 is 53.7 Å². The summed E-state index contributed by atoms with van der Waals surface area (Å²) in [5.74, 6) is 1.84. The molecule has 0 radical (unpaired) electrons. The summed E-state index contributed by atoms with van der Waals surface area (Å²) < 4.78 is 31.9. The van der Waals surface area contributed by atoms with E-state index in [0.29, 0.717) is 54.7 Å². The van der Waals surface area contributed by atoms with Gasteiger partial charge >= 0.3 is 0 Å². The Morgan fingerprint density at radius 3 is 2.43 bits per heavy atom. The Labute approximate surface area is 259 Å². The standard InChI is InChI=1S/C29H37N5O9S/c1-16(2)17-8-9-21(30-14-17)44-33-26-25(42-19-7-5-4-6-18(19)39-3)27(32-29(31-26)34-10-12-40-13-11-34)41-15-20-22(35)23(36)24(37)28(38)43-20/h4-9,14,16,20,22-24,28,35-38H,10-13,15H2,1-3H3,(H,31,32,33)/t20-,22+,23+,24-,28?/m1/s1. The normalized spacial score (nSPS) is 23.8. The molecule has 5 atom stereocenters. The first-order valence-electron chi connectivity index (χ1n) is 14.2. The van der Waals surface area contributed by atoms with Crippen molar-refractivity contribution < 1.29 is 44.1 Å². The first kappa shape index (κ1) is 32.0. The number of aliphatic hydroxyl groups excluding tert-OH is 4. The lowest BCUT2D eigenvalue weighted by Gasteiger charge is -2.38. The number of anilines is 2. The summed E-state index contributed by atoms with van der Waals surface area (Å²) in [5.41, 5.74) is 1.11. The minimum absolute atomic E-state index is 0.00971. The lowest BCUT2D eigenvalue weighted by Crippen LogP contribution is -2.58. The van der Waals surface area contributed by atoms with Crippen molar-refractivity contribution in [2.24, 2.45) is 0 Å². The highest BCUT2D eigenvalue weighted by Gasteiger charge is 2.43. The SMILES string of the molecule is COc1ccccc1Oc1c(NSc2ccc(C(C)C)cn2)nc(N2CCOCC2)nc1OC[C@H]1OC(O)[C@H](O)[C@@H](O)[C@H]1O. The summed E-state index contributed by atoms with van der Waals surface area (Å²) in [6.45, 7) is 5.90. The van der Waals surface area contributed by atoms with Gasteiger partial charge in [0.15, 0.2) is 23.6 Å². The van der Waals surface area contributed by atoms with Crippen molar-refractivity contribution in [2.45, 2.75) is 55.5 Å². The van der Waals surface area contributed by atoms with E-state index in [4.69, 9.17) is 28.7 Å². The van der Waals surface area contributed by atoms with E-state index in [9.17, 15) is 20.4 Å². The molecule has 15 heteroatoms. The van der Waals surface area contributed by atoms with Crippen LogP contribution in [0.3, 0.4) is 0 Å². The van der Waals surface area contributed by atoms with Crippen LogP contribution in [0.15, 0.2) is 47.6 Å². The molecule has 0 bridgehead atoms. The molecule has 44 heavy (non-hydrogen) atoms. The molecular formula is C29H37N5O9S. The highest BCUT2D eigenvalue weighted by atomic mass is 32.2. The second kappa shape index (κ2) is 14.6. The van der Waals surface area contributed by atoms with Crippen LogP contribution in [0.2, 0.25) is 0 Å². The van der Waals surface area contributed by atoms with E-state index in [-0.39, 0.29) is 24.1 Å². The maximum Gasteiger partial charge on any atom is 0.265 e. The molecular weight excluding hydrogens is 594 g/mol. The molecule has 0 amide bonds. The molecule has 2 aliphatic heterocycles. The molecule has 238 valence electrons. The van der Waals surface area contributed by atoms with Gasteiger partial charge in [0.2, 0.25) is 11.7 Å². The Bertz CT molecular complexity index is 1380. The Morgan fingerprint density at radius 1 is 1.00 bits per heavy atom. The lowest BCUT2D eigenvalue weighted by molar-refractivity contribution is -0.285. The minimum atomic E-state index is -1.72. The van der Waals surface area contributed by atoms with Crippen LogP contribution in [0.25, 0.3) is 0 Å². The van der Waals surface area contributed by atoms with Gasteiger partial charge in [-0.25, -0.2) is 4.98 Å². The van der Waals surface area contributed by atoms with Crippen LogP contribution >= 0.6 is 11.9 Å². The summed E-state index contributed by atoms with van der Waals surface area (Å²) in [5, 5.41) is 41.3. The number of rotatable bonds is 11. The number of para-hydroxylation sites is 2. The molecule has 14 nitrogen and oxygen atoms in total. The monoisotopic (exact) mass is 631 g/mol. The number of aliphatic hydroxyl groups is 4. The van der Waals surface area contributed by atoms with Gasteiger partial charge in [0, 0.05) is 31.2 Å². The van der Waals surface area contributed by atoms with Crippen molar-refractivity contribution in [3.63, 3.8) is 0 Å². The van der Waals surface area contributed by atoms with Gasteiger partial charge in [0.25, 0.3) is 5.88 Å². The highest BCUT2D eigenvalue weighted by molar-refractivity contribution is 8.00. The zero-order valence-corrected chi connectivity index (χ0v) is 25.4. The van der Waals surface area contributed by atoms with Gasteiger partial charge in [-0.05, 0) is 29.7 Å². The van der Waals surface area contributed by atoms with Crippen LogP contribution in [-0.4, -0.2) is 106 Å². The second-order valence-corrected chi connectivity index (χ2v) is 11.3. The van der Waals surface area contributed by atoms with Gasteiger partial charge in [-0.2, -0.15) is 9.97 Å². The van der Waals surface area contributed by atoms with Crippen molar-refractivity contribution >= 4 is 23.7 Å². The van der Waals surface area contributed by atoms with E-state index in [0.717, 1.165) is 5.56 Å². The molecule has 2 aromatic heterocycles. The topological polar surface area (TPSA) is 181 Å². The third-order valence-corrected chi connectivity index (χ3v) is 7.89. The molecule has 0 saturated carbocycles. The number of ether oxygens (including phenoxy) is 5. The third kappa shape index (κ3) is 7.43. The number of morpholine rings is 1. The summed E-state index contributed by atoms with van der Waals surface area (Å²) in [4.78, 5) is 15.9. The van der Waals surface area contributed by atoms with E-state index >= 15 is 0 Å². The predicted octanol–water partition coefficient (Wildman–Crippen LogP) is 1.93. The van der Waals surface area contributed by atoms with Crippen LogP contribution in [-0.2, 0) is 9.47 Å². The van der Waals surface area contributed by atoms with E-state index in [1.807, 2.05) is 23.2 Å². The molecule has 2 fully saturated rings. The summed E-state index contributed by atoms with van der Waals surface area (Å²) >= 11 is 1.22. The number of nitrogens with one attached hydrogen (secondary N) is 1. The molecule has 0 aliphatic carbocycles. The van der Waals surface area contributed by atoms with E-state index in [1.54, 1.807) is 24.3 Å². The maximum absolute atomic E-state index is 10.5. The van der Waals surface area contributed by atoms with Gasteiger partial charge in [-0.15, -0.1) is 0 Å². The quantitative estimate of drug-likeness (QED) is 0.194. The Morgan fingerprint density at radius 2 is 1.75 bits per heavy atom. The number of aromatic nitrogens is 3. The van der Waals surface area contributed by atoms with Crippen LogP contribution in [0.1, 0.15) is 25.3 Å². The third-order valence-electron chi connectivity index (χ3n) is 7.15. The van der Waals surface area contributed by atoms with Crippen molar-refractivity contribution in [1.29, 1.82) is 0 Å². The predicted molar refractivity (Wildman–Crippen MR) is 160 cm³/mol. The number of hydrogen-bond donors (Lipinski definition) is 5. The fourth-order valence-corrected chi connectivity index (χ4v) is 5.10. The fraction of sp³-hybridized carbons (Fsp3) is 0.483. The number of pyridine rings is 1. The van der Waals surface area contributed by atoms with E-state index in [1.165, 1.54) is 19.1 Å². The smallest absolute Gasteiger partial charge is 0.265 e. The summed E-state index contributed by atoms with van der Waals surface area (Å²) in [7, 11) is 1.52. The van der Waals surface area contributed by atoms with Crippen molar-refractivity contribution in [3.8, 4) is 23.1 Å². The van der Waals surface area contributed by atoms with Crippen LogP contribution in [0.4, 0.5) is 11.8 Å². The molecule has 1 aromatic carbocycles. The molecule has 2 saturated heterocycles. The Balaban J connectivity index is 1.51. The van der Waals surface area contributed by atoms with Gasteiger partial charge in [-0.3, -0.25) is 0 Å². The molecule has 1 unspecified atom stereocenters. The van der Waals surface area contributed by atoms with Gasteiger partial charge in [0.1, 0.15) is 36.0 Å². The molecule has 5 N–H and O–H groups in total. The van der Waals surface area contributed by atoms with E-state index < -0.39 is 30.7 Å². The Kier molecular flexibility index (Phi) is 10.6. The first-order chi connectivity index (χ1) is 21.2. The molecule has 2 aliphatic rings. The average molecular weight is 632 g/mol. The number of methoxy groups -OCH3 is 1. The zero-order valence-electron chi connectivity index (χ0n) is 24.6. The zero-order chi connectivity index (χ0) is 31.2. The lowest BCUT2D eigenvalue weighted by atomic mass is 9.99. The second-order valence-electron chi connectivity index (χ2n) is 10.5. The first-order valence-corrected chi connectivity index (χ1v) is 15.0. The highest BCUT2D eigenvalue weighted by Crippen LogP contribution is 2.42. The van der Waals surface area contributed by atoms with E-state index in [2.05, 4.69) is 28.5 Å². The molecule has 3 aromatic rings. The van der Waals surface area contributed by atoms with Crippen LogP contribution in [0, 0.1) is 0 Å². The molecule has 4 heterocycles. The minimum Gasteiger partial charge on any atom is -0.493 e. The van der Waals surface area contributed by atoms with Crippen LogP contribution in [0.5, 0.6) is 23.1 Å². The Hall–Kier alpha value is -3.44. The number of nitrogens with zero attached hydrogens (tertiary/aromatic N) is 4. The average Bonchev–Trinajstić information content (AvgIpc) is 3.05. The van der Waals surface area contributed by atoms with Crippen LogP contribution < -0.4 is 23.8 Å². The summed E-state index contributed by atoms with van der Waals surface area (Å²) in [6.07, 6.45) is -5.95. The number of hydrogen-bond acceptors (Lipinski definition) is 15. The number of benzene rings is 1. The van der Waals surface area contributed by atoms with Gasteiger partial charge in [0.05, 0.1) is 20.3 Å². The fourth-order valence-electron chi connectivity index (χ4n) is 4.52. The van der Waals surface area contributed by atoms with Crippen molar-refractivity contribution in [1.82, 2.24) is 15.0 Å². The molecule has 5 rings (SSSR count). The van der Waals surface area contributed by atoms with Gasteiger partial charge in [-0.1, -0.05) is 32.0 Å². The largest absolute Gasteiger partial charge is 0.493 e. The van der Waals surface area contributed by atoms with Crippen molar-refractivity contribution in [2.75, 3.05) is 49.6 Å². The molecule has 0 spiro atoms. The summed E-state index contributed by atoms with van der Waals surface area (Å²) in [6, 6.07) is 10.9. The van der Waals surface area contributed by atoms with Crippen molar-refractivity contribution in [3.05, 3.63) is 48.2 Å².